The number of sulfonamides is 1. The Morgan fingerprint density at radius 1 is 1.19 bits per heavy atom. The fourth-order valence-electron chi connectivity index (χ4n) is 2.28. The number of aromatic nitrogens is 1. The molecular formula is C19H25N3O4S. The van der Waals surface area contributed by atoms with Crippen molar-refractivity contribution in [2.24, 2.45) is 5.92 Å². The van der Waals surface area contributed by atoms with Gasteiger partial charge in [-0.15, -0.1) is 0 Å². The van der Waals surface area contributed by atoms with E-state index in [1.54, 1.807) is 25.1 Å². The number of anilines is 1. The highest BCUT2D eigenvalue weighted by Crippen LogP contribution is 2.26. The number of nitrogens with one attached hydrogen (secondary N) is 2. The molecule has 1 atom stereocenters. The van der Waals surface area contributed by atoms with Gasteiger partial charge in [0.25, 0.3) is 15.9 Å². The number of carbonyl (C=O) groups is 1. The Morgan fingerprint density at radius 2 is 1.89 bits per heavy atom. The molecule has 146 valence electrons. The summed E-state index contributed by atoms with van der Waals surface area (Å²) in [5.41, 5.74) is 0.296. The van der Waals surface area contributed by atoms with Gasteiger partial charge in [-0.2, -0.15) is 0 Å². The monoisotopic (exact) mass is 391 g/mol. The van der Waals surface area contributed by atoms with Crippen molar-refractivity contribution >= 4 is 21.6 Å². The van der Waals surface area contributed by atoms with Crippen molar-refractivity contribution in [1.82, 2.24) is 10.3 Å². The van der Waals surface area contributed by atoms with Crippen molar-refractivity contribution in [2.75, 3.05) is 11.3 Å². The van der Waals surface area contributed by atoms with Gasteiger partial charge >= 0.3 is 0 Å². The fraction of sp³-hybridized carbons (Fsp3) is 0.368. The van der Waals surface area contributed by atoms with Gasteiger partial charge in [-0.1, -0.05) is 26.0 Å². The van der Waals surface area contributed by atoms with Crippen LogP contribution in [0.2, 0.25) is 0 Å². The van der Waals surface area contributed by atoms with E-state index in [1.165, 1.54) is 24.5 Å². The minimum Gasteiger partial charge on any atom is -0.492 e. The standard InChI is InChI=1S/C19H25N3O4S/c1-5-26-17-10-11-20-12-16(17)22-27(24,25)18-9-7-6-8-15(18)19(23)21-14(4)13(2)3/h6-14,22H,5H2,1-4H3,(H,21,23)/t14-/m1/s1. The molecule has 2 N–H and O–H groups in total. The van der Waals surface area contributed by atoms with Crippen LogP contribution in [0.4, 0.5) is 5.69 Å². The SMILES string of the molecule is CCOc1ccncc1NS(=O)(=O)c1ccccc1C(=O)N[C@H](C)C(C)C. The predicted octanol–water partition coefficient (Wildman–Crippen LogP) is 3.06. The first kappa shape index (κ1) is 20.7. The number of hydrogen-bond donors (Lipinski definition) is 2. The van der Waals surface area contributed by atoms with Crippen LogP contribution in [0.5, 0.6) is 5.75 Å². The predicted molar refractivity (Wildman–Crippen MR) is 104 cm³/mol. The lowest BCUT2D eigenvalue weighted by Gasteiger charge is -2.19. The van der Waals surface area contributed by atoms with Gasteiger partial charge in [-0.25, -0.2) is 8.42 Å². The van der Waals surface area contributed by atoms with Gasteiger partial charge in [0.05, 0.1) is 18.4 Å². The number of pyridine rings is 1. The quantitative estimate of drug-likeness (QED) is 0.721. The molecule has 0 spiro atoms. The summed E-state index contributed by atoms with van der Waals surface area (Å²) in [7, 11) is -4.02. The highest BCUT2D eigenvalue weighted by molar-refractivity contribution is 7.92. The van der Waals surface area contributed by atoms with E-state index in [2.05, 4.69) is 15.0 Å². The zero-order valence-electron chi connectivity index (χ0n) is 15.9. The molecule has 0 aliphatic heterocycles. The van der Waals surface area contributed by atoms with Crippen molar-refractivity contribution in [2.45, 2.75) is 38.6 Å². The third-order valence-corrected chi connectivity index (χ3v) is 5.53. The van der Waals surface area contributed by atoms with Gasteiger partial charge in [-0.05, 0) is 31.9 Å². The summed E-state index contributed by atoms with van der Waals surface area (Å²) in [6.45, 7) is 8.01. The second kappa shape index (κ2) is 8.85. The third kappa shape index (κ3) is 5.19. The lowest BCUT2D eigenvalue weighted by molar-refractivity contribution is 0.0927. The normalized spacial score (nSPS) is 12.5. The Kier molecular flexibility index (Phi) is 6.79. The number of rotatable bonds is 8. The van der Waals surface area contributed by atoms with Gasteiger partial charge in [0.2, 0.25) is 0 Å². The molecule has 2 aromatic rings. The maximum absolute atomic E-state index is 12.9. The molecule has 0 aliphatic carbocycles. The zero-order chi connectivity index (χ0) is 20.0. The van der Waals surface area contributed by atoms with E-state index in [-0.39, 0.29) is 28.1 Å². The van der Waals surface area contributed by atoms with Crippen LogP contribution in [0.1, 0.15) is 38.1 Å². The second-order valence-electron chi connectivity index (χ2n) is 6.41. The van der Waals surface area contributed by atoms with Crippen LogP contribution >= 0.6 is 0 Å². The smallest absolute Gasteiger partial charge is 0.262 e. The molecule has 7 nitrogen and oxygen atoms in total. The fourth-order valence-corrected chi connectivity index (χ4v) is 3.54. The Bertz CT molecular complexity index is 897. The molecule has 2 rings (SSSR count). The largest absolute Gasteiger partial charge is 0.492 e. The topological polar surface area (TPSA) is 97.4 Å². The number of nitrogens with zero attached hydrogens (tertiary/aromatic N) is 1. The molecule has 0 fully saturated rings. The minimum absolute atomic E-state index is 0.0827. The molecule has 0 saturated carbocycles. The molecule has 27 heavy (non-hydrogen) atoms. The molecular weight excluding hydrogens is 366 g/mol. The van der Waals surface area contributed by atoms with E-state index in [9.17, 15) is 13.2 Å². The Morgan fingerprint density at radius 3 is 2.56 bits per heavy atom. The average Bonchev–Trinajstić information content (AvgIpc) is 2.63. The van der Waals surface area contributed by atoms with Gasteiger partial charge < -0.3 is 10.1 Å². The third-order valence-electron chi connectivity index (χ3n) is 4.11. The van der Waals surface area contributed by atoms with Crippen LogP contribution in [0.3, 0.4) is 0 Å². The highest BCUT2D eigenvalue weighted by Gasteiger charge is 2.24. The van der Waals surface area contributed by atoms with Gasteiger partial charge in [0, 0.05) is 18.3 Å². The van der Waals surface area contributed by atoms with Crippen LogP contribution in [0, 0.1) is 5.92 Å². The first-order chi connectivity index (χ1) is 12.8. The summed E-state index contributed by atoms with van der Waals surface area (Å²) in [4.78, 5) is 16.4. The van der Waals surface area contributed by atoms with Crippen LogP contribution in [-0.4, -0.2) is 32.0 Å². The second-order valence-corrected chi connectivity index (χ2v) is 8.06. The van der Waals surface area contributed by atoms with E-state index in [4.69, 9.17) is 4.74 Å². The molecule has 0 unspecified atom stereocenters. The molecule has 1 amide bonds. The van der Waals surface area contributed by atoms with Crippen molar-refractivity contribution in [3.63, 3.8) is 0 Å². The summed E-state index contributed by atoms with van der Waals surface area (Å²) in [5.74, 6) is 0.153. The van der Waals surface area contributed by atoms with E-state index in [0.29, 0.717) is 12.4 Å². The zero-order valence-corrected chi connectivity index (χ0v) is 16.7. The van der Waals surface area contributed by atoms with Crippen molar-refractivity contribution < 1.29 is 17.9 Å². The van der Waals surface area contributed by atoms with Crippen LogP contribution < -0.4 is 14.8 Å². The van der Waals surface area contributed by atoms with Gasteiger partial charge in [0.15, 0.2) is 0 Å². The molecule has 1 aromatic heterocycles. The minimum atomic E-state index is -4.02. The molecule has 0 bridgehead atoms. The number of hydrogen-bond acceptors (Lipinski definition) is 5. The Hall–Kier alpha value is -2.61. The number of carbonyl (C=O) groups excluding carboxylic acids is 1. The summed E-state index contributed by atoms with van der Waals surface area (Å²) >= 11 is 0. The van der Waals surface area contributed by atoms with Crippen molar-refractivity contribution in [3.8, 4) is 5.75 Å². The Labute approximate surface area is 160 Å². The van der Waals surface area contributed by atoms with Gasteiger partial charge in [-0.3, -0.25) is 14.5 Å². The molecule has 1 aromatic carbocycles. The first-order valence-corrected chi connectivity index (χ1v) is 10.2. The maximum atomic E-state index is 12.9. The van der Waals surface area contributed by atoms with E-state index >= 15 is 0 Å². The highest BCUT2D eigenvalue weighted by atomic mass is 32.2. The summed E-state index contributed by atoms with van der Waals surface area (Å²) in [6, 6.07) is 7.57. The first-order valence-electron chi connectivity index (χ1n) is 8.75. The average molecular weight is 391 g/mol. The number of amides is 1. The van der Waals surface area contributed by atoms with Gasteiger partial charge in [0.1, 0.15) is 16.3 Å². The molecule has 0 saturated heterocycles. The molecule has 1 heterocycles. The molecule has 8 heteroatoms. The number of benzene rings is 1. The summed E-state index contributed by atoms with van der Waals surface area (Å²) < 4.78 is 33.8. The van der Waals surface area contributed by atoms with E-state index < -0.39 is 15.9 Å². The van der Waals surface area contributed by atoms with E-state index in [0.717, 1.165) is 0 Å². The summed E-state index contributed by atoms with van der Waals surface area (Å²) in [5, 5.41) is 2.84. The van der Waals surface area contributed by atoms with Crippen LogP contribution in [0.15, 0.2) is 47.6 Å². The lowest BCUT2D eigenvalue weighted by Crippen LogP contribution is -2.37. The van der Waals surface area contributed by atoms with Crippen LogP contribution in [0.25, 0.3) is 0 Å². The molecule has 0 radical (unpaired) electrons. The lowest BCUT2D eigenvalue weighted by atomic mass is 10.1. The molecule has 0 aliphatic rings. The Balaban J connectivity index is 2.36. The van der Waals surface area contributed by atoms with Crippen molar-refractivity contribution in [3.05, 3.63) is 48.3 Å². The summed E-state index contributed by atoms with van der Waals surface area (Å²) in [6.07, 6.45) is 2.88. The maximum Gasteiger partial charge on any atom is 0.262 e. The van der Waals surface area contributed by atoms with Crippen molar-refractivity contribution in [1.29, 1.82) is 0 Å². The number of ether oxygens (including phenoxy) is 1. The van der Waals surface area contributed by atoms with Crippen LogP contribution in [-0.2, 0) is 10.0 Å². The van der Waals surface area contributed by atoms with E-state index in [1.807, 2.05) is 20.8 Å².